The summed E-state index contributed by atoms with van der Waals surface area (Å²) in [4.78, 5) is 0. The van der Waals surface area contributed by atoms with Gasteiger partial charge in [-0.05, 0) is 26.0 Å². The molecule has 1 N–H and O–H groups in total. The molecule has 7 nitrogen and oxygen atoms in total. The van der Waals surface area contributed by atoms with Crippen LogP contribution in [0.15, 0.2) is 30.5 Å². The first-order valence-corrected chi connectivity index (χ1v) is 7.59. The van der Waals surface area contributed by atoms with E-state index in [0.717, 1.165) is 0 Å². The number of benzene rings is 1. The number of hydrogen-bond acceptors (Lipinski definition) is 6. The lowest BCUT2D eigenvalue weighted by atomic mass is 10.0. The molecule has 1 aromatic heterocycles. The molecule has 1 fully saturated rings. The van der Waals surface area contributed by atoms with Crippen LogP contribution < -0.4 is 4.74 Å². The highest BCUT2D eigenvalue weighted by Gasteiger charge is 2.35. The van der Waals surface area contributed by atoms with E-state index in [2.05, 4.69) is 10.3 Å². The van der Waals surface area contributed by atoms with Crippen LogP contribution in [0.3, 0.4) is 0 Å². The first kappa shape index (κ1) is 15.8. The Kier molecular flexibility index (Phi) is 4.49. The average molecular weight is 319 g/mol. The molecule has 0 bridgehead atoms. The zero-order chi connectivity index (χ0) is 16.3. The van der Waals surface area contributed by atoms with Gasteiger partial charge in [-0.2, -0.15) is 0 Å². The molecule has 0 saturated carbocycles. The number of ether oxygens (including phenoxy) is 3. The fourth-order valence-corrected chi connectivity index (χ4v) is 2.46. The van der Waals surface area contributed by atoms with Crippen molar-refractivity contribution in [3.05, 3.63) is 36.2 Å². The minimum Gasteiger partial charge on any atom is -0.508 e. The van der Waals surface area contributed by atoms with Crippen LogP contribution in [0, 0.1) is 0 Å². The van der Waals surface area contributed by atoms with Crippen LogP contribution in [0.4, 0.5) is 0 Å². The van der Waals surface area contributed by atoms with Crippen LogP contribution in [0.25, 0.3) is 0 Å². The molecule has 1 aromatic carbocycles. The maximum absolute atomic E-state index is 9.41. The maximum atomic E-state index is 9.41. The van der Waals surface area contributed by atoms with Gasteiger partial charge in [-0.3, -0.25) is 0 Å². The van der Waals surface area contributed by atoms with E-state index in [9.17, 15) is 5.11 Å². The maximum Gasteiger partial charge on any atom is 0.134 e. The van der Waals surface area contributed by atoms with Gasteiger partial charge in [0.05, 0.1) is 31.6 Å². The third-order valence-corrected chi connectivity index (χ3v) is 3.80. The number of aromatic hydroxyl groups is 1. The molecule has 0 amide bonds. The number of phenols is 1. The van der Waals surface area contributed by atoms with Gasteiger partial charge in [0.1, 0.15) is 29.9 Å². The molecule has 0 radical (unpaired) electrons. The average Bonchev–Trinajstić information content (AvgIpc) is 2.95. The summed E-state index contributed by atoms with van der Waals surface area (Å²) in [7, 11) is 0. The molecule has 23 heavy (non-hydrogen) atoms. The summed E-state index contributed by atoms with van der Waals surface area (Å²) in [5.41, 5.74) is 0.366. The fraction of sp³-hybridized carbons (Fsp3) is 0.500. The quantitative estimate of drug-likeness (QED) is 0.904. The highest BCUT2D eigenvalue weighted by molar-refractivity contribution is 5.31. The summed E-state index contributed by atoms with van der Waals surface area (Å²) >= 11 is 0. The molecule has 7 heteroatoms. The predicted octanol–water partition coefficient (Wildman–Crippen LogP) is 1.76. The minimum atomic E-state index is -0.345. The van der Waals surface area contributed by atoms with E-state index in [-0.39, 0.29) is 24.1 Å². The summed E-state index contributed by atoms with van der Waals surface area (Å²) in [5.74, 6) is 0.757. The predicted molar refractivity (Wildman–Crippen MR) is 82.2 cm³/mol. The van der Waals surface area contributed by atoms with Gasteiger partial charge in [0.15, 0.2) is 0 Å². The van der Waals surface area contributed by atoms with Crippen molar-refractivity contribution < 1.29 is 19.3 Å². The lowest BCUT2D eigenvalue weighted by Crippen LogP contribution is -2.48. The van der Waals surface area contributed by atoms with Crippen molar-refractivity contribution in [1.29, 1.82) is 0 Å². The van der Waals surface area contributed by atoms with E-state index in [1.807, 2.05) is 20.0 Å². The lowest BCUT2D eigenvalue weighted by Gasteiger charge is -2.38. The minimum absolute atomic E-state index is 0.0715. The Morgan fingerprint density at radius 1 is 1.39 bits per heavy atom. The largest absolute Gasteiger partial charge is 0.508 e. The van der Waals surface area contributed by atoms with E-state index in [1.54, 1.807) is 28.9 Å². The Labute approximate surface area is 134 Å². The van der Waals surface area contributed by atoms with Crippen LogP contribution in [0.1, 0.15) is 19.5 Å². The normalized spacial score (nSPS) is 20.3. The fourth-order valence-electron chi connectivity index (χ4n) is 2.46. The van der Waals surface area contributed by atoms with Crippen molar-refractivity contribution >= 4 is 0 Å². The Bertz CT molecular complexity index is 656. The molecule has 124 valence electrons. The zero-order valence-corrected chi connectivity index (χ0v) is 13.3. The summed E-state index contributed by atoms with van der Waals surface area (Å²) in [6, 6.07) is 6.65. The van der Waals surface area contributed by atoms with Gasteiger partial charge in [-0.1, -0.05) is 11.3 Å². The second-order valence-electron chi connectivity index (χ2n) is 6.03. The Morgan fingerprint density at radius 2 is 2.26 bits per heavy atom. The van der Waals surface area contributed by atoms with Crippen LogP contribution in [-0.2, 0) is 22.6 Å². The summed E-state index contributed by atoms with van der Waals surface area (Å²) < 4.78 is 18.8. The Morgan fingerprint density at radius 3 is 3.04 bits per heavy atom. The molecule has 2 heterocycles. The van der Waals surface area contributed by atoms with Gasteiger partial charge in [-0.25, -0.2) is 4.68 Å². The summed E-state index contributed by atoms with van der Waals surface area (Å²) in [6.07, 6.45) is 1.76. The van der Waals surface area contributed by atoms with Crippen molar-refractivity contribution in [3.63, 3.8) is 0 Å². The molecule has 1 unspecified atom stereocenters. The van der Waals surface area contributed by atoms with Gasteiger partial charge in [-0.15, -0.1) is 5.10 Å². The third kappa shape index (κ3) is 4.00. The number of aromatic nitrogens is 3. The van der Waals surface area contributed by atoms with E-state index in [4.69, 9.17) is 14.2 Å². The number of nitrogens with zero attached hydrogens (tertiary/aromatic N) is 3. The molecule has 0 aliphatic carbocycles. The van der Waals surface area contributed by atoms with Crippen LogP contribution >= 0.6 is 0 Å². The lowest BCUT2D eigenvalue weighted by molar-refractivity contribution is -0.191. The molecule has 1 aliphatic rings. The first-order valence-electron chi connectivity index (χ1n) is 7.59. The van der Waals surface area contributed by atoms with Gasteiger partial charge in [0, 0.05) is 6.07 Å². The van der Waals surface area contributed by atoms with Crippen molar-refractivity contribution in [3.8, 4) is 11.5 Å². The molecular formula is C16H21N3O4. The summed E-state index contributed by atoms with van der Waals surface area (Å²) in [5, 5.41) is 17.6. The molecule has 1 aliphatic heterocycles. The smallest absolute Gasteiger partial charge is 0.134 e. The van der Waals surface area contributed by atoms with E-state index in [1.165, 1.54) is 0 Å². The molecular weight excluding hydrogens is 298 g/mol. The van der Waals surface area contributed by atoms with Gasteiger partial charge >= 0.3 is 0 Å². The zero-order valence-electron chi connectivity index (χ0n) is 13.3. The van der Waals surface area contributed by atoms with Gasteiger partial charge in [0.25, 0.3) is 0 Å². The van der Waals surface area contributed by atoms with Crippen molar-refractivity contribution in [2.75, 3.05) is 13.2 Å². The molecule has 1 saturated heterocycles. The van der Waals surface area contributed by atoms with Crippen molar-refractivity contribution in [2.24, 2.45) is 0 Å². The standard InChI is InChI=1S/C16H21N3O4/c1-16(2)15(21-6-7-23-16)10-19-9-12(17-18-19)11-22-14-5-3-4-13(20)8-14/h3-5,8-9,15,20H,6-7,10-11H2,1-2H3. The third-order valence-electron chi connectivity index (χ3n) is 3.80. The highest BCUT2D eigenvalue weighted by atomic mass is 16.6. The number of rotatable bonds is 5. The van der Waals surface area contributed by atoms with Gasteiger partial charge < -0.3 is 19.3 Å². The van der Waals surface area contributed by atoms with E-state index in [0.29, 0.717) is 31.2 Å². The summed E-state index contributed by atoms with van der Waals surface area (Å²) in [6.45, 7) is 6.10. The first-order chi connectivity index (χ1) is 11.0. The Hall–Kier alpha value is -2.12. The van der Waals surface area contributed by atoms with Crippen LogP contribution in [0.5, 0.6) is 11.5 Å². The SMILES string of the molecule is CC1(C)OCCOC1Cn1cc(COc2cccc(O)c2)nn1. The monoisotopic (exact) mass is 319 g/mol. The van der Waals surface area contributed by atoms with Crippen LogP contribution in [0.2, 0.25) is 0 Å². The van der Waals surface area contributed by atoms with Crippen LogP contribution in [-0.4, -0.2) is 45.0 Å². The second kappa shape index (κ2) is 6.55. The van der Waals surface area contributed by atoms with Crippen molar-refractivity contribution in [1.82, 2.24) is 15.0 Å². The topological polar surface area (TPSA) is 78.6 Å². The van der Waals surface area contributed by atoms with E-state index < -0.39 is 0 Å². The number of phenolic OH excluding ortho intramolecular Hbond substituents is 1. The molecule has 2 aromatic rings. The highest BCUT2D eigenvalue weighted by Crippen LogP contribution is 2.23. The van der Waals surface area contributed by atoms with Crippen molar-refractivity contribution in [2.45, 2.75) is 38.7 Å². The molecule has 1 atom stereocenters. The van der Waals surface area contributed by atoms with Gasteiger partial charge in [0.2, 0.25) is 0 Å². The second-order valence-corrected chi connectivity index (χ2v) is 6.03. The number of hydrogen-bond donors (Lipinski definition) is 1. The molecule has 0 spiro atoms. The molecule has 3 rings (SSSR count). The van der Waals surface area contributed by atoms with E-state index >= 15 is 0 Å². The Balaban J connectivity index is 1.57.